The fourth-order valence-corrected chi connectivity index (χ4v) is 2.80. The van der Waals surface area contributed by atoms with E-state index in [1.807, 2.05) is 6.92 Å². The van der Waals surface area contributed by atoms with Crippen LogP contribution in [0.3, 0.4) is 0 Å². The van der Waals surface area contributed by atoms with E-state index in [1.54, 1.807) is 19.1 Å². The van der Waals surface area contributed by atoms with Crippen LogP contribution in [-0.4, -0.2) is 51.8 Å². The highest BCUT2D eigenvalue weighted by atomic mass is 19.4. The second-order valence-corrected chi connectivity index (χ2v) is 6.08. The lowest BCUT2D eigenvalue weighted by Crippen LogP contribution is -2.42. The van der Waals surface area contributed by atoms with Crippen molar-refractivity contribution in [3.63, 3.8) is 0 Å². The van der Waals surface area contributed by atoms with Gasteiger partial charge in [-0.15, -0.1) is 0 Å². The minimum absolute atomic E-state index is 0.000789. The predicted octanol–water partition coefficient (Wildman–Crippen LogP) is 3.21. The van der Waals surface area contributed by atoms with Gasteiger partial charge in [-0.25, -0.2) is 4.79 Å². The van der Waals surface area contributed by atoms with Crippen LogP contribution in [0.25, 0.3) is 6.08 Å². The molecule has 0 bridgehead atoms. The number of carbonyl (C=O) groups is 1. The van der Waals surface area contributed by atoms with Crippen LogP contribution in [0.5, 0.6) is 5.75 Å². The van der Waals surface area contributed by atoms with Gasteiger partial charge in [0.25, 0.3) is 0 Å². The molecule has 1 atom stereocenters. The molecule has 1 aliphatic heterocycles. The molecule has 0 spiro atoms. The van der Waals surface area contributed by atoms with Crippen LogP contribution in [0, 0.1) is 13.8 Å². The van der Waals surface area contributed by atoms with E-state index in [0.29, 0.717) is 11.1 Å². The summed E-state index contributed by atoms with van der Waals surface area (Å²) in [5.74, 6) is -1.00. The molecule has 0 aromatic heterocycles. The molecule has 8 heteroatoms. The third kappa shape index (κ3) is 4.56. The lowest BCUT2D eigenvalue weighted by Gasteiger charge is -2.29. The molecule has 0 fully saturated rings. The van der Waals surface area contributed by atoms with Gasteiger partial charge in [-0.1, -0.05) is 11.6 Å². The molecule has 2 rings (SSSR count). The molecule has 1 heterocycles. The summed E-state index contributed by atoms with van der Waals surface area (Å²) in [6, 6.07) is 3.38. The summed E-state index contributed by atoms with van der Waals surface area (Å²) in [6.07, 6.45) is -6.81. The number of benzene rings is 1. The van der Waals surface area contributed by atoms with E-state index in [1.165, 1.54) is 20.3 Å². The minimum atomic E-state index is -4.77. The fourth-order valence-electron chi connectivity index (χ4n) is 2.80. The van der Waals surface area contributed by atoms with Crippen LogP contribution >= 0.6 is 0 Å². The highest BCUT2D eigenvalue weighted by molar-refractivity contribution is 5.96. The van der Waals surface area contributed by atoms with Gasteiger partial charge in [0.2, 0.25) is 6.10 Å². The van der Waals surface area contributed by atoms with E-state index in [4.69, 9.17) is 18.9 Å². The van der Waals surface area contributed by atoms with Gasteiger partial charge in [0.15, 0.2) is 0 Å². The third-order valence-corrected chi connectivity index (χ3v) is 3.79. The molecule has 0 saturated carbocycles. The summed E-state index contributed by atoms with van der Waals surface area (Å²) >= 11 is 0. The van der Waals surface area contributed by atoms with Crippen molar-refractivity contribution in [1.29, 1.82) is 0 Å². The Balaban J connectivity index is 2.40. The number of hydrogen-bond acceptors (Lipinski definition) is 5. The molecule has 144 valence electrons. The van der Waals surface area contributed by atoms with Crippen LogP contribution in [0.2, 0.25) is 0 Å². The first-order valence-corrected chi connectivity index (χ1v) is 7.92. The maximum Gasteiger partial charge on any atom is 0.430 e. The molecule has 0 aliphatic carbocycles. The molecule has 1 aromatic rings. The Morgan fingerprint density at radius 2 is 1.81 bits per heavy atom. The Bertz CT molecular complexity index is 691. The number of hydrogen-bond donors (Lipinski definition) is 0. The number of aryl methyl sites for hydroxylation is 2. The predicted molar refractivity (Wildman–Crippen MR) is 88.0 cm³/mol. The molecule has 0 saturated heterocycles. The second kappa shape index (κ2) is 8.09. The van der Waals surface area contributed by atoms with Crippen LogP contribution < -0.4 is 4.74 Å². The van der Waals surface area contributed by atoms with Crippen molar-refractivity contribution < 1.29 is 36.9 Å². The number of halogens is 3. The zero-order valence-electron chi connectivity index (χ0n) is 15.0. The number of carbonyl (C=O) groups excluding carboxylic acids is 1. The Kier molecular flexibility index (Phi) is 6.30. The molecule has 0 radical (unpaired) electrons. The maximum absolute atomic E-state index is 13.5. The van der Waals surface area contributed by atoms with E-state index in [2.05, 4.69) is 0 Å². The minimum Gasteiger partial charge on any atom is -0.475 e. The van der Waals surface area contributed by atoms with Crippen LogP contribution in [0.4, 0.5) is 13.2 Å². The fraction of sp³-hybridized carbons (Fsp3) is 0.500. The first-order valence-electron chi connectivity index (χ1n) is 7.92. The Labute approximate surface area is 149 Å². The van der Waals surface area contributed by atoms with E-state index in [9.17, 15) is 18.0 Å². The highest BCUT2D eigenvalue weighted by Crippen LogP contribution is 2.39. The summed E-state index contributed by atoms with van der Waals surface area (Å²) in [5.41, 5.74) is 1.21. The number of ether oxygens (including phenoxy) is 4. The normalized spacial score (nSPS) is 16.8. The Hall–Kier alpha value is -2.06. The van der Waals surface area contributed by atoms with Crippen molar-refractivity contribution in [2.45, 2.75) is 32.2 Å². The van der Waals surface area contributed by atoms with Crippen molar-refractivity contribution in [2.24, 2.45) is 0 Å². The van der Waals surface area contributed by atoms with Crippen molar-refractivity contribution in [3.8, 4) is 5.75 Å². The second-order valence-electron chi connectivity index (χ2n) is 6.08. The smallest absolute Gasteiger partial charge is 0.430 e. The largest absolute Gasteiger partial charge is 0.475 e. The molecule has 26 heavy (non-hydrogen) atoms. The van der Waals surface area contributed by atoms with E-state index >= 15 is 0 Å². The monoisotopic (exact) mass is 374 g/mol. The van der Waals surface area contributed by atoms with E-state index < -0.39 is 29.9 Å². The van der Waals surface area contributed by atoms with Crippen LogP contribution in [-0.2, 0) is 19.0 Å². The summed E-state index contributed by atoms with van der Waals surface area (Å²) < 4.78 is 60.5. The van der Waals surface area contributed by atoms with Crippen molar-refractivity contribution >= 4 is 12.0 Å². The van der Waals surface area contributed by atoms with E-state index in [0.717, 1.165) is 5.56 Å². The van der Waals surface area contributed by atoms with Crippen molar-refractivity contribution in [2.75, 3.05) is 27.4 Å². The number of methoxy groups -OCH3 is 2. The number of esters is 1. The molecular weight excluding hydrogens is 353 g/mol. The molecular formula is C18H21F3O5. The van der Waals surface area contributed by atoms with Gasteiger partial charge < -0.3 is 18.9 Å². The first-order chi connectivity index (χ1) is 12.2. The number of alkyl halides is 3. The quantitative estimate of drug-likeness (QED) is 0.716. The summed E-state index contributed by atoms with van der Waals surface area (Å²) in [5, 5.41) is 0. The standard InChI is InChI=1S/C18H21F3O5/c1-10-5-11(2)15-12(6-10)7-14(16(26-15)18(19,20)21)17(22)25-13(8-23-3)9-24-4/h5-7,13,16H,8-9H2,1-4H3/t16-/m0/s1. The maximum atomic E-state index is 13.5. The lowest BCUT2D eigenvalue weighted by atomic mass is 9.97. The summed E-state index contributed by atoms with van der Waals surface area (Å²) in [6.45, 7) is 3.46. The molecule has 0 N–H and O–H groups in total. The average Bonchev–Trinajstić information content (AvgIpc) is 2.53. The van der Waals surface area contributed by atoms with Gasteiger partial charge in [0.05, 0.1) is 18.8 Å². The highest BCUT2D eigenvalue weighted by Gasteiger charge is 2.49. The lowest BCUT2D eigenvalue weighted by molar-refractivity contribution is -0.189. The summed E-state index contributed by atoms with van der Waals surface area (Å²) in [4.78, 5) is 12.4. The van der Waals surface area contributed by atoms with Crippen LogP contribution in [0.15, 0.2) is 17.7 Å². The number of fused-ring (bicyclic) bond motifs is 1. The van der Waals surface area contributed by atoms with E-state index in [-0.39, 0.29) is 19.0 Å². The molecule has 1 aromatic carbocycles. The first kappa shape index (κ1) is 20.3. The van der Waals surface area contributed by atoms with Gasteiger partial charge in [-0.3, -0.25) is 0 Å². The zero-order valence-corrected chi connectivity index (χ0v) is 15.0. The Morgan fingerprint density at radius 1 is 1.19 bits per heavy atom. The van der Waals surface area contributed by atoms with Gasteiger partial charge in [0.1, 0.15) is 11.9 Å². The third-order valence-electron chi connectivity index (χ3n) is 3.79. The molecule has 1 aliphatic rings. The van der Waals surface area contributed by atoms with Gasteiger partial charge in [-0.05, 0) is 31.6 Å². The molecule has 0 unspecified atom stereocenters. The van der Waals surface area contributed by atoms with Gasteiger partial charge in [-0.2, -0.15) is 13.2 Å². The Morgan fingerprint density at radius 3 is 2.35 bits per heavy atom. The number of rotatable bonds is 6. The van der Waals surface area contributed by atoms with Crippen LogP contribution in [0.1, 0.15) is 16.7 Å². The molecule has 0 amide bonds. The summed E-state index contributed by atoms with van der Waals surface area (Å²) in [7, 11) is 2.78. The molecule has 5 nitrogen and oxygen atoms in total. The SMILES string of the molecule is COCC(COC)OC(=O)C1=Cc2cc(C)cc(C)c2O[C@@H]1C(F)(F)F. The van der Waals surface area contributed by atoms with Crippen molar-refractivity contribution in [1.82, 2.24) is 0 Å². The van der Waals surface area contributed by atoms with Gasteiger partial charge >= 0.3 is 12.1 Å². The topological polar surface area (TPSA) is 54.0 Å². The zero-order chi connectivity index (χ0) is 19.5. The van der Waals surface area contributed by atoms with Gasteiger partial charge in [0, 0.05) is 19.8 Å². The average molecular weight is 374 g/mol. The van der Waals surface area contributed by atoms with Crippen molar-refractivity contribution in [3.05, 3.63) is 34.4 Å².